The number of hydrogen-bond donors (Lipinski definition) is 1. The van der Waals surface area contributed by atoms with Crippen LogP contribution in [0.15, 0.2) is 18.2 Å². The Hall–Kier alpha value is -1.29. The second kappa shape index (κ2) is 6.44. The van der Waals surface area contributed by atoms with Crippen LogP contribution in [0, 0.1) is 0 Å². The first-order chi connectivity index (χ1) is 9.58. The molecule has 1 aliphatic heterocycles. The third-order valence-corrected chi connectivity index (χ3v) is 3.99. The van der Waals surface area contributed by atoms with Crippen LogP contribution in [-0.2, 0) is 5.67 Å². The predicted molar refractivity (Wildman–Crippen MR) is 78.3 cm³/mol. The van der Waals surface area contributed by atoms with Crippen molar-refractivity contribution in [3.63, 3.8) is 0 Å². The molecule has 1 aliphatic rings. The van der Waals surface area contributed by atoms with Crippen LogP contribution in [0.4, 0.5) is 4.39 Å². The Balaban J connectivity index is 2.27. The first-order valence-electron chi connectivity index (χ1n) is 7.22. The molecule has 2 unspecified atom stereocenters. The van der Waals surface area contributed by atoms with Gasteiger partial charge in [0.25, 0.3) is 0 Å². The van der Waals surface area contributed by atoms with Crippen LogP contribution in [0.3, 0.4) is 0 Å². The molecule has 4 heteroatoms. The molecule has 1 N–H and O–H groups in total. The van der Waals surface area contributed by atoms with Gasteiger partial charge in [0, 0.05) is 12.5 Å². The lowest BCUT2D eigenvalue weighted by atomic mass is 9.86. The van der Waals surface area contributed by atoms with Crippen LogP contribution in [0.1, 0.15) is 38.2 Å². The van der Waals surface area contributed by atoms with Gasteiger partial charge in [-0.05, 0) is 38.4 Å². The number of nitrogens with one attached hydrogen (secondary N) is 1. The van der Waals surface area contributed by atoms with Crippen LogP contribution < -0.4 is 14.8 Å². The smallest absolute Gasteiger partial charge is 0.141 e. The maximum Gasteiger partial charge on any atom is 0.141 e. The van der Waals surface area contributed by atoms with Gasteiger partial charge in [0.2, 0.25) is 0 Å². The molecule has 1 heterocycles. The average Bonchev–Trinajstić information content (AvgIpc) is 2.46. The maximum absolute atomic E-state index is 15.3. The maximum atomic E-state index is 15.3. The second-order valence-electron chi connectivity index (χ2n) is 5.59. The minimum Gasteiger partial charge on any atom is -0.496 e. The van der Waals surface area contributed by atoms with Crippen molar-refractivity contribution in [1.82, 2.24) is 5.32 Å². The van der Waals surface area contributed by atoms with Crippen LogP contribution in [-0.4, -0.2) is 26.8 Å². The van der Waals surface area contributed by atoms with Gasteiger partial charge in [-0.1, -0.05) is 12.5 Å². The Labute approximate surface area is 120 Å². The standard InChI is InChI=1S/C16H24FNO2/c1-16(17,11-12-7-4-5-10-18-12)15-13(19-2)8-6-9-14(15)20-3/h6,8-9,12,18H,4-5,7,10-11H2,1-3H3. The lowest BCUT2D eigenvalue weighted by molar-refractivity contribution is 0.137. The van der Waals surface area contributed by atoms with Gasteiger partial charge >= 0.3 is 0 Å². The Morgan fingerprint density at radius 1 is 1.25 bits per heavy atom. The summed E-state index contributed by atoms with van der Waals surface area (Å²) >= 11 is 0. The van der Waals surface area contributed by atoms with E-state index in [0.717, 1.165) is 19.4 Å². The largest absolute Gasteiger partial charge is 0.496 e. The zero-order chi connectivity index (χ0) is 14.6. The van der Waals surface area contributed by atoms with Gasteiger partial charge in [-0.3, -0.25) is 0 Å². The lowest BCUT2D eigenvalue weighted by Gasteiger charge is -2.31. The Morgan fingerprint density at radius 2 is 1.90 bits per heavy atom. The first-order valence-corrected chi connectivity index (χ1v) is 7.22. The molecule has 0 aliphatic carbocycles. The number of rotatable bonds is 5. The number of hydrogen-bond acceptors (Lipinski definition) is 3. The molecule has 0 bridgehead atoms. The quantitative estimate of drug-likeness (QED) is 0.897. The molecule has 1 fully saturated rings. The minimum absolute atomic E-state index is 0.216. The van der Waals surface area contributed by atoms with Crippen molar-refractivity contribution in [3.05, 3.63) is 23.8 Å². The van der Waals surface area contributed by atoms with Crippen LogP contribution >= 0.6 is 0 Å². The van der Waals surface area contributed by atoms with Gasteiger partial charge in [-0.25, -0.2) is 4.39 Å². The van der Waals surface area contributed by atoms with Crippen molar-refractivity contribution in [2.24, 2.45) is 0 Å². The number of halogens is 1. The van der Waals surface area contributed by atoms with E-state index in [0.29, 0.717) is 23.5 Å². The van der Waals surface area contributed by atoms with E-state index in [4.69, 9.17) is 9.47 Å². The number of methoxy groups -OCH3 is 2. The summed E-state index contributed by atoms with van der Waals surface area (Å²) in [7, 11) is 3.13. The summed E-state index contributed by atoms with van der Waals surface area (Å²) < 4.78 is 25.9. The van der Waals surface area contributed by atoms with Crippen molar-refractivity contribution in [2.75, 3.05) is 20.8 Å². The fourth-order valence-electron chi connectivity index (χ4n) is 3.03. The van der Waals surface area contributed by atoms with E-state index in [-0.39, 0.29) is 6.04 Å². The fraction of sp³-hybridized carbons (Fsp3) is 0.625. The molecule has 0 aromatic heterocycles. The molecule has 0 saturated carbocycles. The van der Waals surface area contributed by atoms with Gasteiger partial charge in [0.15, 0.2) is 0 Å². The zero-order valence-corrected chi connectivity index (χ0v) is 12.5. The molecule has 20 heavy (non-hydrogen) atoms. The summed E-state index contributed by atoms with van der Waals surface area (Å²) in [5.41, 5.74) is -0.968. The van der Waals surface area contributed by atoms with E-state index in [1.807, 2.05) is 6.07 Å². The van der Waals surface area contributed by atoms with E-state index in [1.165, 1.54) is 6.42 Å². The molecule has 0 spiro atoms. The molecule has 2 rings (SSSR count). The number of alkyl halides is 1. The first kappa shape index (κ1) is 15.1. The molecule has 0 amide bonds. The Bertz CT molecular complexity index is 420. The number of piperidine rings is 1. The molecular formula is C16H24FNO2. The molecule has 2 atom stereocenters. The van der Waals surface area contributed by atoms with E-state index in [1.54, 1.807) is 33.3 Å². The highest BCUT2D eigenvalue weighted by molar-refractivity contribution is 5.48. The van der Waals surface area contributed by atoms with Crippen LogP contribution in [0.25, 0.3) is 0 Å². The molecule has 1 aromatic rings. The third-order valence-electron chi connectivity index (χ3n) is 3.99. The highest BCUT2D eigenvalue weighted by atomic mass is 19.1. The van der Waals surface area contributed by atoms with E-state index in [2.05, 4.69) is 5.32 Å². The van der Waals surface area contributed by atoms with Crippen molar-refractivity contribution in [3.8, 4) is 11.5 Å². The topological polar surface area (TPSA) is 30.5 Å². The summed E-state index contributed by atoms with van der Waals surface area (Å²) in [5.74, 6) is 1.09. The minimum atomic E-state index is -1.48. The van der Waals surface area contributed by atoms with Crippen molar-refractivity contribution < 1.29 is 13.9 Å². The molecule has 1 aromatic carbocycles. The summed E-state index contributed by atoms with van der Waals surface area (Å²) in [6, 6.07) is 5.60. The van der Waals surface area contributed by atoms with E-state index in [9.17, 15) is 0 Å². The lowest BCUT2D eigenvalue weighted by Crippen LogP contribution is -2.38. The second-order valence-corrected chi connectivity index (χ2v) is 5.59. The third kappa shape index (κ3) is 3.23. The van der Waals surface area contributed by atoms with Crippen molar-refractivity contribution in [2.45, 2.75) is 44.3 Å². The summed E-state index contributed by atoms with van der Waals surface area (Å²) in [5, 5.41) is 3.40. The van der Waals surface area contributed by atoms with Crippen LogP contribution in [0.5, 0.6) is 11.5 Å². The van der Waals surface area contributed by atoms with Gasteiger partial charge in [-0.15, -0.1) is 0 Å². The van der Waals surface area contributed by atoms with Crippen molar-refractivity contribution in [1.29, 1.82) is 0 Å². The monoisotopic (exact) mass is 281 g/mol. The van der Waals surface area contributed by atoms with Crippen molar-refractivity contribution >= 4 is 0 Å². The SMILES string of the molecule is COc1cccc(OC)c1C(C)(F)CC1CCCCN1. The van der Waals surface area contributed by atoms with Crippen LogP contribution in [0.2, 0.25) is 0 Å². The summed E-state index contributed by atoms with van der Waals surface area (Å²) in [6.07, 6.45) is 3.80. The summed E-state index contributed by atoms with van der Waals surface area (Å²) in [4.78, 5) is 0. The Morgan fingerprint density at radius 3 is 2.40 bits per heavy atom. The normalized spacial score (nSPS) is 22.1. The van der Waals surface area contributed by atoms with Gasteiger partial charge in [0.05, 0.1) is 19.8 Å². The van der Waals surface area contributed by atoms with E-state index >= 15 is 4.39 Å². The van der Waals surface area contributed by atoms with Gasteiger partial charge in [0.1, 0.15) is 17.2 Å². The highest BCUT2D eigenvalue weighted by Crippen LogP contribution is 2.43. The van der Waals surface area contributed by atoms with Gasteiger partial charge < -0.3 is 14.8 Å². The molecule has 1 saturated heterocycles. The average molecular weight is 281 g/mol. The van der Waals surface area contributed by atoms with Gasteiger partial charge in [-0.2, -0.15) is 0 Å². The molecule has 112 valence electrons. The van der Waals surface area contributed by atoms with E-state index < -0.39 is 5.67 Å². The highest BCUT2D eigenvalue weighted by Gasteiger charge is 2.35. The molecule has 3 nitrogen and oxygen atoms in total. The predicted octanol–water partition coefficient (Wildman–Crippen LogP) is 3.42. The summed E-state index contributed by atoms with van der Waals surface area (Å²) in [6.45, 7) is 2.59. The fourth-order valence-corrected chi connectivity index (χ4v) is 3.03. The molecular weight excluding hydrogens is 257 g/mol. The number of benzene rings is 1. The zero-order valence-electron chi connectivity index (χ0n) is 12.5. The number of ether oxygens (including phenoxy) is 2. The molecule has 0 radical (unpaired) electrons. The Kier molecular flexibility index (Phi) is 4.86.